The lowest BCUT2D eigenvalue weighted by Crippen LogP contribution is -2.26. The van der Waals surface area contributed by atoms with Crippen LogP contribution in [0.25, 0.3) is 0 Å². The van der Waals surface area contributed by atoms with Gasteiger partial charge in [0.05, 0.1) is 7.11 Å². The summed E-state index contributed by atoms with van der Waals surface area (Å²) in [5, 5.41) is 0. The lowest BCUT2D eigenvalue weighted by Gasteiger charge is -2.16. The van der Waals surface area contributed by atoms with E-state index in [2.05, 4.69) is 0 Å². The van der Waals surface area contributed by atoms with Crippen molar-refractivity contribution in [3.63, 3.8) is 0 Å². The summed E-state index contributed by atoms with van der Waals surface area (Å²) in [6, 6.07) is 7.22. The number of ketones is 1. The molecule has 0 saturated heterocycles. The highest BCUT2D eigenvalue weighted by molar-refractivity contribution is 5.85. The van der Waals surface area contributed by atoms with Crippen LogP contribution in [-0.4, -0.2) is 19.5 Å². The number of Topliss-reactive ketones (excluding diaryl/α,β-unsaturated/α-hetero) is 1. The molecule has 0 spiro atoms. The van der Waals surface area contributed by atoms with Crippen molar-refractivity contribution in [1.29, 1.82) is 0 Å². The Morgan fingerprint density at radius 3 is 2.44 bits per heavy atom. The average molecular weight is 222 g/mol. The largest absolute Gasteiger partial charge is 0.497 e. The van der Waals surface area contributed by atoms with Crippen molar-refractivity contribution in [2.75, 3.05) is 13.7 Å². The number of benzene rings is 1. The minimum Gasteiger partial charge on any atom is -0.497 e. The molecule has 0 atom stereocenters. The fourth-order valence-corrected chi connectivity index (χ4v) is 1.06. The summed E-state index contributed by atoms with van der Waals surface area (Å²) in [6.07, 6.45) is 0. The quantitative estimate of drug-likeness (QED) is 0.785. The summed E-state index contributed by atoms with van der Waals surface area (Å²) in [4.78, 5) is 11.6. The van der Waals surface area contributed by atoms with Crippen molar-refractivity contribution in [2.24, 2.45) is 5.41 Å². The highest BCUT2D eigenvalue weighted by Crippen LogP contribution is 2.20. The van der Waals surface area contributed by atoms with Crippen LogP contribution in [0.1, 0.15) is 20.8 Å². The Morgan fingerprint density at radius 2 is 1.88 bits per heavy atom. The van der Waals surface area contributed by atoms with Crippen LogP contribution in [0.3, 0.4) is 0 Å². The molecule has 0 saturated carbocycles. The van der Waals surface area contributed by atoms with Crippen LogP contribution >= 0.6 is 0 Å². The second kappa shape index (κ2) is 5.01. The first kappa shape index (κ1) is 12.6. The summed E-state index contributed by atoms with van der Waals surface area (Å²) in [5.74, 6) is 1.45. The third-order valence-electron chi connectivity index (χ3n) is 2.25. The molecule has 0 aliphatic rings. The number of hydrogen-bond donors (Lipinski definition) is 0. The summed E-state index contributed by atoms with van der Waals surface area (Å²) < 4.78 is 10.5. The lowest BCUT2D eigenvalue weighted by molar-refractivity contribution is -0.128. The molecule has 3 heteroatoms. The molecule has 88 valence electrons. The fourth-order valence-electron chi connectivity index (χ4n) is 1.06. The zero-order valence-corrected chi connectivity index (χ0v) is 10.2. The maximum absolute atomic E-state index is 11.6. The number of ether oxygens (including phenoxy) is 2. The van der Waals surface area contributed by atoms with Gasteiger partial charge in [-0.2, -0.15) is 0 Å². The molecule has 0 aromatic heterocycles. The van der Waals surface area contributed by atoms with E-state index in [-0.39, 0.29) is 17.8 Å². The molecule has 1 aromatic carbocycles. The maximum atomic E-state index is 11.6. The first-order chi connectivity index (χ1) is 7.43. The van der Waals surface area contributed by atoms with Gasteiger partial charge in [-0.05, 0) is 12.1 Å². The van der Waals surface area contributed by atoms with Gasteiger partial charge in [0, 0.05) is 11.5 Å². The summed E-state index contributed by atoms with van der Waals surface area (Å²) in [5.41, 5.74) is -0.362. The standard InChI is InChI=1S/C13H18O3/c1-13(2,3)12(14)9-16-11-7-5-6-10(8-11)15-4/h5-8H,9H2,1-4H3. The number of carbonyl (C=O) groups is 1. The van der Waals surface area contributed by atoms with Crippen LogP contribution < -0.4 is 9.47 Å². The van der Waals surface area contributed by atoms with Crippen molar-refractivity contribution < 1.29 is 14.3 Å². The van der Waals surface area contributed by atoms with Crippen LogP contribution in [0, 0.1) is 5.41 Å². The van der Waals surface area contributed by atoms with Gasteiger partial charge in [-0.3, -0.25) is 4.79 Å². The number of rotatable bonds is 4. The molecule has 0 radical (unpaired) electrons. The van der Waals surface area contributed by atoms with Crippen LogP contribution in [0.15, 0.2) is 24.3 Å². The molecule has 1 aromatic rings. The predicted molar refractivity (Wildman–Crippen MR) is 63.0 cm³/mol. The van der Waals surface area contributed by atoms with Gasteiger partial charge in [0.15, 0.2) is 5.78 Å². The first-order valence-corrected chi connectivity index (χ1v) is 5.23. The second-order valence-corrected chi connectivity index (χ2v) is 4.64. The van der Waals surface area contributed by atoms with E-state index < -0.39 is 0 Å². The van der Waals surface area contributed by atoms with Gasteiger partial charge < -0.3 is 9.47 Å². The highest BCUT2D eigenvalue weighted by Gasteiger charge is 2.21. The molecular weight excluding hydrogens is 204 g/mol. The molecule has 0 bridgehead atoms. The number of methoxy groups -OCH3 is 1. The Morgan fingerprint density at radius 1 is 1.25 bits per heavy atom. The normalized spacial score (nSPS) is 11.0. The summed E-state index contributed by atoms with van der Waals surface area (Å²) >= 11 is 0. The molecule has 16 heavy (non-hydrogen) atoms. The summed E-state index contributed by atoms with van der Waals surface area (Å²) in [7, 11) is 1.60. The maximum Gasteiger partial charge on any atom is 0.175 e. The Hall–Kier alpha value is -1.51. The van der Waals surface area contributed by atoms with E-state index in [4.69, 9.17) is 9.47 Å². The van der Waals surface area contributed by atoms with Crippen LogP contribution in [0.2, 0.25) is 0 Å². The SMILES string of the molecule is COc1cccc(OCC(=O)C(C)(C)C)c1. The van der Waals surface area contributed by atoms with Crippen LogP contribution in [-0.2, 0) is 4.79 Å². The Labute approximate surface area is 96.4 Å². The van der Waals surface area contributed by atoms with E-state index in [1.54, 1.807) is 19.2 Å². The van der Waals surface area contributed by atoms with Gasteiger partial charge in [0.1, 0.15) is 18.1 Å². The van der Waals surface area contributed by atoms with Gasteiger partial charge in [-0.1, -0.05) is 26.8 Å². The van der Waals surface area contributed by atoms with Crippen molar-refractivity contribution in [3.8, 4) is 11.5 Å². The van der Waals surface area contributed by atoms with Crippen molar-refractivity contribution in [2.45, 2.75) is 20.8 Å². The molecule has 1 rings (SSSR count). The minimum atomic E-state index is -0.362. The predicted octanol–water partition coefficient (Wildman–Crippen LogP) is 2.69. The van der Waals surface area contributed by atoms with E-state index in [9.17, 15) is 4.79 Å². The first-order valence-electron chi connectivity index (χ1n) is 5.23. The molecular formula is C13H18O3. The van der Waals surface area contributed by atoms with E-state index in [0.717, 1.165) is 5.75 Å². The van der Waals surface area contributed by atoms with Gasteiger partial charge in [0.2, 0.25) is 0 Å². The Kier molecular flexibility index (Phi) is 3.93. The highest BCUT2D eigenvalue weighted by atomic mass is 16.5. The molecule has 0 aliphatic heterocycles. The molecule has 0 aliphatic carbocycles. The minimum absolute atomic E-state index is 0.0790. The third-order valence-corrected chi connectivity index (χ3v) is 2.25. The van der Waals surface area contributed by atoms with Gasteiger partial charge >= 0.3 is 0 Å². The van der Waals surface area contributed by atoms with Crippen molar-refractivity contribution in [3.05, 3.63) is 24.3 Å². The lowest BCUT2D eigenvalue weighted by atomic mass is 9.91. The van der Waals surface area contributed by atoms with E-state index in [0.29, 0.717) is 5.75 Å². The number of carbonyl (C=O) groups excluding carboxylic acids is 1. The van der Waals surface area contributed by atoms with Gasteiger partial charge in [-0.25, -0.2) is 0 Å². The Bertz CT molecular complexity index is 364. The average Bonchev–Trinajstić information content (AvgIpc) is 2.25. The molecule has 0 heterocycles. The molecule has 0 N–H and O–H groups in total. The Balaban J connectivity index is 2.58. The van der Waals surface area contributed by atoms with Gasteiger partial charge in [-0.15, -0.1) is 0 Å². The van der Waals surface area contributed by atoms with Crippen LogP contribution in [0.4, 0.5) is 0 Å². The molecule has 0 unspecified atom stereocenters. The molecule has 0 amide bonds. The number of hydrogen-bond acceptors (Lipinski definition) is 3. The smallest absolute Gasteiger partial charge is 0.175 e. The molecule has 0 fully saturated rings. The van der Waals surface area contributed by atoms with E-state index >= 15 is 0 Å². The van der Waals surface area contributed by atoms with E-state index in [1.807, 2.05) is 32.9 Å². The summed E-state index contributed by atoms with van der Waals surface area (Å²) in [6.45, 7) is 5.73. The zero-order valence-electron chi connectivity index (χ0n) is 10.2. The topological polar surface area (TPSA) is 35.5 Å². The second-order valence-electron chi connectivity index (χ2n) is 4.64. The van der Waals surface area contributed by atoms with Crippen molar-refractivity contribution >= 4 is 5.78 Å². The fraction of sp³-hybridized carbons (Fsp3) is 0.462. The van der Waals surface area contributed by atoms with E-state index in [1.165, 1.54) is 0 Å². The van der Waals surface area contributed by atoms with Gasteiger partial charge in [0.25, 0.3) is 0 Å². The zero-order chi connectivity index (χ0) is 12.2. The third kappa shape index (κ3) is 3.57. The molecule has 3 nitrogen and oxygen atoms in total. The van der Waals surface area contributed by atoms with Crippen LogP contribution in [0.5, 0.6) is 11.5 Å². The van der Waals surface area contributed by atoms with Crippen molar-refractivity contribution in [1.82, 2.24) is 0 Å². The monoisotopic (exact) mass is 222 g/mol.